The monoisotopic (exact) mass is 401 g/mol. The maximum absolute atomic E-state index is 9.51. The molecule has 1 N–H and O–H groups in total. The van der Waals surface area contributed by atoms with Crippen molar-refractivity contribution in [3.8, 4) is 17.0 Å². The van der Waals surface area contributed by atoms with E-state index in [4.69, 9.17) is 23.2 Å². The van der Waals surface area contributed by atoms with Crippen molar-refractivity contribution in [2.24, 2.45) is 7.05 Å². The number of halogens is 2. The summed E-state index contributed by atoms with van der Waals surface area (Å²) < 4.78 is 2.01. The number of hydrogen-bond donors (Lipinski definition) is 1. The van der Waals surface area contributed by atoms with E-state index < -0.39 is 0 Å². The van der Waals surface area contributed by atoms with Crippen LogP contribution < -0.4 is 0 Å². The topological polar surface area (TPSA) is 50.9 Å². The highest BCUT2D eigenvalue weighted by Crippen LogP contribution is 2.36. The quantitative estimate of drug-likeness (QED) is 0.440. The first kappa shape index (κ1) is 17.2. The molecule has 0 bridgehead atoms. The third kappa shape index (κ3) is 3.26. The van der Waals surface area contributed by atoms with Gasteiger partial charge >= 0.3 is 0 Å². The number of hydrogen-bond acceptors (Lipinski definition) is 4. The van der Waals surface area contributed by atoms with E-state index in [1.807, 2.05) is 35.9 Å². The summed E-state index contributed by atoms with van der Waals surface area (Å²) in [6, 6.07) is 14.6. The number of phenols is 1. The van der Waals surface area contributed by atoms with Crippen LogP contribution in [-0.2, 0) is 7.05 Å². The van der Waals surface area contributed by atoms with Gasteiger partial charge < -0.3 is 9.67 Å². The molecule has 0 atom stereocenters. The Morgan fingerprint density at radius 1 is 0.962 bits per heavy atom. The van der Waals surface area contributed by atoms with Gasteiger partial charge in [0.05, 0.1) is 11.1 Å². The van der Waals surface area contributed by atoms with Gasteiger partial charge in [-0.3, -0.25) is 0 Å². The molecule has 4 nitrogen and oxygen atoms in total. The largest absolute Gasteiger partial charge is 0.508 e. The second-order valence-corrected chi connectivity index (χ2v) is 7.69. The van der Waals surface area contributed by atoms with Crippen LogP contribution in [-0.4, -0.2) is 19.6 Å². The number of aromatic hydroxyl groups is 1. The van der Waals surface area contributed by atoms with Gasteiger partial charge in [0, 0.05) is 22.0 Å². The van der Waals surface area contributed by atoms with Crippen molar-refractivity contribution in [3.05, 3.63) is 64.9 Å². The minimum Gasteiger partial charge on any atom is -0.508 e. The molecule has 0 aliphatic carbocycles. The standard InChI is InChI=1S/C19H13Cl2N3OS/c1-24-17(11-2-4-14(25)5-3-11)9-16-18(24)22-10-23-19(16)26-15-7-12(20)6-13(21)8-15/h2-10,25H,1H3. The molecule has 0 fully saturated rings. The van der Waals surface area contributed by atoms with Crippen molar-refractivity contribution in [3.63, 3.8) is 0 Å². The Morgan fingerprint density at radius 2 is 1.65 bits per heavy atom. The van der Waals surface area contributed by atoms with Crippen LogP contribution in [0.15, 0.2) is 64.8 Å². The van der Waals surface area contributed by atoms with Crippen LogP contribution in [0.3, 0.4) is 0 Å². The summed E-state index contributed by atoms with van der Waals surface area (Å²) in [6.45, 7) is 0. The molecule has 2 heterocycles. The smallest absolute Gasteiger partial charge is 0.144 e. The third-order valence-corrected chi connectivity index (χ3v) is 5.43. The van der Waals surface area contributed by atoms with Crippen molar-refractivity contribution >= 4 is 46.0 Å². The highest BCUT2D eigenvalue weighted by Gasteiger charge is 2.14. The van der Waals surface area contributed by atoms with Gasteiger partial charge in [-0.25, -0.2) is 9.97 Å². The average molecular weight is 402 g/mol. The number of aromatic nitrogens is 3. The summed E-state index contributed by atoms with van der Waals surface area (Å²) in [5.74, 6) is 0.237. The maximum atomic E-state index is 9.51. The molecule has 0 unspecified atom stereocenters. The Kier molecular flexibility index (Phi) is 4.53. The van der Waals surface area contributed by atoms with Crippen molar-refractivity contribution in [2.45, 2.75) is 9.92 Å². The van der Waals surface area contributed by atoms with E-state index in [0.717, 1.165) is 32.2 Å². The molecule has 0 spiro atoms. The molecule has 130 valence electrons. The molecule has 0 aliphatic rings. The van der Waals surface area contributed by atoms with Crippen LogP contribution in [0.1, 0.15) is 0 Å². The molecule has 0 saturated heterocycles. The summed E-state index contributed by atoms with van der Waals surface area (Å²) >= 11 is 13.7. The number of aryl methyl sites for hydroxylation is 1. The number of fused-ring (bicyclic) bond motifs is 1. The van der Waals surface area contributed by atoms with Crippen molar-refractivity contribution in [1.82, 2.24) is 14.5 Å². The van der Waals surface area contributed by atoms with Gasteiger partial charge in [-0.05, 0) is 54.1 Å². The second kappa shape index (κ2) is 6.83. The van der Waals surface area contributed by atoms with E-state index in [2.05, 4.69) is 16.0 Å². The maximum Gasteiger partial charge on any atom is 0.144 e. The molecule has 26 heavy (non-hydrogen) atoms. The summed E-state index contributed by atoms with van der Waals surface area (Å²) in [6.07, 6.45) is 1.55. The van der Waals surface area contributed by atoms with Gasteiger partial charge in [0.25, 0.3) is 0 Å². The lowest BCUT2D eigenvalue weighted by atomic mass is 10.1. The fraction of sp³-hybridized carbons (Fsp3) is 0.0526. The molecule has 7 heteroatoms. The minimum atomic E-state index is 0.237. The normalized spacial score (nSPS) is 11.2. The van der Waals surface area contributed by atoms with Crippen LogP contribution in [0.4, 0.5) is 0 Å². The van der Waals surface area contributed by atoms with Gasteiger partial charge in [0.2, 0.25) is 0 Å². The number of nitrogens with zero attached hydrogens (tertiary/aromatic N) is 3. The number of rotatable bonds is 3. The lowest BCUT2D eigenvalue weighted by Gasteiger charge is -2.05. The zero-order valence-electron chi connectivity index (χ0n) is 13.6. The first-order valence-corrected chi connectivity index (χ1v) is 9.32. The van der Waals surface area contributed by atoms with Crippen LogP contribution in [0.2, 0.25) is 10.0 Å². The van der Waals surface area contributed by atoms with E-state index in [1.54, 1.807) is 24.5 Å². The van der Waals surface area contributed by atoms with Crippen LogP contribution in [0.25, 0.3) is 22.3 Å². The van der Waals surface area contributed by atoms with E-state index in [0.29, 0.717) is 10.0 Å². The molecular weight excluding hydrogens is 389 g/mol. The molecule has 0 saturated carbocycles. The first-order valence-electron chi connectivity index (χ1n) is 7.75. The van der Waals surface area contributed by atoms with Gasteiger partial charge in [-0.1, -0.05) is 35.0 Å². The van der Waals surface area contributed by atoms with Gasteiger partial charge in [0.1, 0.15) is 22.7 Å². The lowest BCUT2D eigenvalue weighted by molar-refractivity contribution is 0.475. The highest BCUT2D eigenvalue weighted by atomic mass is 35.5. The van der Waals surface area contributed by atoms with Crippen molar-refractivity contribution in [2.75, 3.05) is 0 Å². The number of phenolic OH excluding ortho intramolecular Hbond substituents is 1. The summed E-state index contributed by atoms with van der Waals surface area (Å²) in [5.41, 5.74) is 2.82. The van der Waals surface area contributed by atoms with Gasteiger partial charge in [-0.2, -0.15) is 0 Å². The van der Waals surface area contributed by atoms with Crippen LogP contribution >= 0.6 is 35.0 Å². The molecule has 2 aromatic carbocycles. The predicted molar refractivity (Wildman–Crippen MR) is 106 cm³/mol. The SMILES string of the molecule is Cn1c(-c2ccc(O)cc2)cc2c(Sc3cc(Cl)cc(Cl)c3)ncnc21. The molecule has 0 aliphatic heterocycles. The molecule has 4 aromatic rings. The fourth-order valence-electron chi connectivity index (χ4n) is 2.80. The van der Waals surface area contributed by atoms with E-state index in [1.165, 1.54) is 11.8 Å². The zero-order valence-corrected chi connectivity index (χ0v) is 16.0. The first-order chi connectivity index (χ1) is 12.5. The van der Waals surface area contributed by atoms with E-state index >= 15 is 0 Å². The Bertz CT molecular complexity index is 1090. The summed E-state index contributed by atoms with van der Waals surface area (Å²) in [5, 5.41) is 12.5. The second-order valence-electron chi connectivity index (χ2n) is 5.76. The lowest BCUT2D eigenvalue weighted by Crippen LogP contribution is -1.93. The van der Waals surface area contributed by atoms with Crippen LogP contribution in [0, 0.1) is 0 Å². The predicted octanol–water partition coefficient (Wildman–Crippen LogP) is 5.80. The fourth-order valence-corrected chi connectivity index (χ4v) is 4.41. The molecule has 0 radical (unpaired) electrons. The van der Waals surface area contributed by atoms with Gasteiger partial charge in [-0.15, -0.1) is 0 Å². The average Bonchev–Trinajstić information content (AvgIpc) is 2.93. The Balaban J connectivity index is 1.81. The minimum absolute atomic E-state index is 0.237. The van der Waals surface area contributed by atoms with Crippen molar-refractivity contribution in [1.29, 1.82) is 0 Å². The highest BCUT2D eigenvalue weighted by molar-refractivity contribution is 7.99. The molecule has 2 aromatic heterocycles. The zero-order chi connectivity index (χ0) is 18.3. The number of benzene rings is 2. The van der Waals surface area contributed by atoms with Crippen LogP contribution in [0.5, 0.6) is 5.75 Å². The van der Waals surface area contributed by atoms with E-state index in [-0.39, 0.29) is 5.75 Å². The van der Waals surface area contributed by atoms with Gasteiger partial charge in [0.15, 0.2) is 0 Å². The molecular formula is C19H13Cl2N3OS. The molecule has 0 amide bonds. The molecule has 4 rings (SSSR count). The Hall–Kier alpha value is -2.21. The van der Waals surface area contributed by atoms with E-state index in [9.17, 15) is 5.11 Å². The summed E-state index contributed by atoms with van der Waals surface area (Å²) in [4.78, 5) is 9.77. The Morgan fingerprint density at radius 3 is 2.35 bits per heavy atom. The Labute approximate surface area is 164 Å². The van der Waals surface area contributed by atoms with Crippen molar-refractivity contribution < 1.29 is 5.11 Å². The summed E-state index contributed by atoms with van der Waals surface area (Å²) in [7, 11) is 1.96. The third-order valence-electron chi connectivity index (χ3n) is 4.00.